The maximum absolute atomic E-state index is 12.9. The molecule has 0 unspecified atom stereocenters. The number of ether oxygens (including phenoxy) is 2. The Hall–Kier alpha value is -2.57. The Labute approximate surface area is 145 Å². The highest BCUT2D eigenvalue weighted by atomic mass is 16.5. The van der Waals surface area contributed by atoms with Crippen molar-refractivity contribution >= 4 is 5.91 Å². The molecule has 7 heteroatoms. The minimum atomic E-state index is -0.557. The fourth-order valence-electron chi connectivity index (χ4n) is 3.47. The van der Waals surface area contributed by atoms with Gasteiger partial charge in [-0.3, -0.25) is 4.79 Å². The third-order valence-electron chi connectivity index (χ3n) is 4.78. The lowest BCUT2D eigenvalue weighted by Gasteiger charge is -2.26. The molecule has 2 heterocycles. The summed E-state index contributed by atoms with van der Waals surface area (Å²) in [4.78, 5) is 17.2. The third kappa shape index (κ3) is 3.06. The average molecular weight is 343 g/mol. The minimum absolute atomic E-state index is 0.167. The topological polar surface area (TPSA) is 86.5 Å². The molecule has 25 heavy (non-hydrogen) atoms. The Balaban J connectivity index is 1.59. The quantitative estimate of drug-likeness (QED) is 0.922. The summed E-state index contributed by atoms with van der Waals surface area (Å²) in [5, 5.41) is 7.19. The number of nitrogens with one attached hydrogen (secondary N) is 1. The van der Waals surface area contributed by atoms with Gasteiger partial charge in [0.15, 0.2) is 17.3 Å². The zero-order valence-electron chi connectivity index (χ0n) is 14.2. The lowest BCUT2D eigenvalue weighted by Crippen LogP contribution is -2.44. The van der Waals surface area contributed by atoms with Crippen molar-refractivity contribution in [2.45, 2.75) is 44.6 Å². The molecular formula is C18H21N3O4. The van der Waals surface area contributed by atoms with E-state index < -0.39 is 5.54 Å². The van der Waals surface area contributed by atoms with Crippen molar-refractivity contribution in [1.29, 1.82) is 0 Å². The van der Waals surface area contributed by atoms with E-state index in [4.69, 9.17) is 14.0 Å². The number of nitrogens with zero attached hydrogens (tertiary/aromatic N) is 2. The van der Waals surface area contributed by atoms with E-state index in [0.717, 1.165) is 32.1 Å². The van der Waals surface area contributed by atoms with Crippen LogP contribution in [0.3, 0.4) is 0 Å². The smallest absolute Gasteiger partial charge is 0.252 e. The predicted molar refractivity (Wildman–Crippen MR) is 88.7 cm³/mol. The summed E-state index contributed by atoms with van der Waals surface area (Å²) in [6.45, 7) is 2.97. The van der Waals surface area contributed by atoms with Crippen LogP contribution in [0.5, 0.6) is 11.5 Å². The molecule has 0 radical (unpaired) electrons. The predicted octanol–water partition coefficient (Wildman–Crippen LogP) is 2.74. The summed E-state index contributed by atoms with van der Waals surface area (Å²) in [7, 11) is 0. The zero-order valence-corrected chi connectivity index (χ0v) is 14.2. The first-order chi connectivity index (χ1) is 12.2. The molecule has 132 valence electrons. The van der Waals surface area contributed by atoms with Crippen LogP contribution in [0.2, 0.25) is 0 Å². The van der Waals surface area contributed by atoms with Crippen LogP contribution in [-0.4, -0.2) is 29.3 Å². The molecule has 1 aromatic carbocycles. The molecule has 2 aliphatic rings. The van der Waals surface area contributed by atoms with E-state index in [2.05, 4.69) is 15.5 Å². The van der Waals surface area contributed by atoms with Crippen LogP contribution < -0.4 is 14.8 Å². The molecule has 1 aliphatic carbocycles. The van der Waals surface area contributed by atoms with Gasteiger partial charge in [0.2, 0.25) is 5.89 Å². The van der Waals surface area contributed by atoms with E-state index in [0.29, 0.717) is 42.0 Å². The van der Waals surface area contributed by atoms with Gasteiger partial charge in [-0.1, -0.05) is 18.0 Å². The van der Waals surface area contributed by atoms with Crippen LogP contribution in [-0.2, 0) is 5.54 Å². The number of carbonyl (C=O) groups is 1. The van der Waals surface area contributed by atoms with E-state index in [-0.39, 0.29) is 5.91 Å². The van der Waals surface area contributed by atoms with Gasteiger partial charge < -0.3 is 19.3 Å². The van der Waals surface area contributed by atoms with Crippen LogP contribution in [0.1, 0.15) is 54.2 Å². The number of hydrogen-bond donors (Lipinski definition) is 1. The van der Waals surface area contributed by atoms with Gasteiger partial charge in [-0.15, -0.1) is 0 Å². The molecule has 2 aromatic rings. The van der Waals surface area contributed by atoms with Gasteiger partial charge in [0, 0.05) is 18.9 Å². The maximum Gasteiger partial charge on any atom is 0.252 e. The highest BCUT2D eigenvalue weighted by molar-refractivity contribution is 5.95. The van der Waals surface area contributed by atoms with Crippen molar-refractivity contribution in [3.63, 3.8) is 0 Å². The summed E-state index contributed by atoms with van der Waals surface area (Å²) in [5.41, 5.74) is -0.0188. The highest BCUT2D eigenvalue weighted by Gasteiger charge is 2.41. The summed E-state index contributed by atoms with van der Waals surface area (Å²) >= 11 is 0. The van der Waals surface area contributed by atoms with Crippen LogP contribution in [0.15, 0.2) is 22.7 Å². The van der Waals surface area contributed by atoms with Crippen LogP contribution in [0.4, 0.5) is 0 Å². The van der Waals surface area contributed by atoms with E-state index in [1.807, 2.05) is 0 Å². The first-order valence-electron chi connectivity index (χ1n) is 8.69. The fraction of sp³-hybridized carbons (Fsp3) is 0.500. The molecule has 1 amide bonds. The largest absolute Gasteiger partial charge is 0.490 e. The molecule has 1 fully saturated rings. The lowest BCUT2D eigenvalue weighted by atomic mass is 9.96. The molecule has 1 saturated carbocycles. The fourth-order valence-corrected chi connectivity index (χ4v) is 3.47. The molecule has 7 nitrogen and oxygen atoms in total. The standard InChI is InChI=1S/C18H21N3O4/c1-12-19-17(21-25-12)18(7-2-3-8-18)20-16(22)13-5-6-14-15(11-13)24-10-4-9-23-14/h5-6,11H,2-4,7-10H2,1H3,(H,20,22). The van der Waals surface area contributed by atoms with Crippen LogP contribution >= 0.6 is 0 Å². The van der Waals surface area contributed by atoms with Crippen molar-refractivity contribution in [2.75, 3.05) is 13.2 Å². The Morgan fingerprint density at radius 2 is 1.88 bits per heavy atom. The van der Waals surface area contributed by atoms with Gasteiger partial charge in [0.05, 0.1) is 13.2 Å². The normalized spacial score (nSPS) is 18.6. The minimum Gasteiger partial charge on any atom is -0.490 e. The molecule has 0 saturated heterocycles. The summed E-state index contributed by atoms with van der Waals surface area (Å²) < 4.78 is 16.4. The maximum atomic E-state index is 12.9. The number of hydrogen-bond acceptors (Lipinski definition) is 6. The van der Waals surface area contributed by atoms with Gasteiger partial charge in [-0.05, 0) is 31.0 Å². The first kappa shape index (κ1) is 15.9. The zero-order chi connectivity index (χ0) is 17.3. The molecule has 0 atom stereocenters. The van der Waals surface area contributed by atoms with Gasteiger partial charge in [0.1, 0.15) is 5.54 Å². The van der Waals surface area contributed by atoms with Crippen LogP contribution in [0.25, 0.3) is 0 Å². The number of rotatable bonds is 3. The number of fused-ring (bicyclic) bond motifs is 1. The number of carbonyl (C=O) groups excluding carboxylic acids is 1. The second kappa shape index (κ2) is 6.38. The average Bonchev–Trinajstić information content (AvgIpc) is 3.19. The van der Waals surface area contributed by atoms with E-state index in [9.17, 15) is 4.79 Å². The molecule has 4 rings (SSSR count). The summed E-state index contributed by atoms with van der Waals surface area (Å²) in [5.74, 6) is 2.19. The summed E-state index contributed by atoms with van der Waals surface area (Å²) in [6.07, 6.45) is 4.49. The monoisotopic (exact) mass is 343 g/mol. The molecular weight excluding hydrogens is 322 g/mol. The molecule has 1 N–H and O–H groups in total. The second-order valence-electron chi connectivity index (χ2n) is 6.59. The van der Waals surface area contributed by atoms with Gasteiger partial charge in [-0.2, -0.15) is 4.98 Å². The Kier molecular flexibility index (Phi) is 4.07. The Morgan fingerprint density at radius 1 is 1.12 bits per heavy atom. The van der Waals surface area contributed by atoms with E-state index in [1.165, 1.54) is 0 Å². The van der Waals surface area contributed by atoms with Crippen molar-refractivity contribution in [3.8, 4) is 11.5 Å². The van der Waals surface area contributed by atoms with Crippen LogP contribution in [0, 0.1) is 6.92 Å². The lowest BCUT2D eigenvalue weighted by molar-refractivity contribution is 0.0891. The summed E-state index contributed by atoms with van der Waals surface area (Å²) in [6, 6.07) is 5.28. The first-order valence-corrected chi connectivity index (χ1v) is 8.69. The number of aryl methyl sites for hydroxylation is 1. The third-order valence-corrected chi connectivity index (χ3v) is 4.78. The van der Waals surface area contributed by atoms with E-state index >= 15 is 0 Å². The van der Waals surface area contributed by atoms with Crippen molar-refractivity contribution in [1.82, 2.24) is 15.5 Å². The Bertz CT molecular complexity index is 780. The highest BCUT2D eigenvalue weighted by Crippen LogP contribution is 2.38. The van der Waals surface area contributed by atoms with Crippen molar-refractivity contribution < 1.29 is 18.8 Å². The molecule has 1 aliphatic heterocycles. The second-order valence-corrected chi connectivity index (χ2v) is 6.59. The van der Waals surface area contributed by atoms with Gasteiger partial charge in [0.25, 0.3) is 5.91 Å². The van der Waals surface area contributed by atoms with E-state index in [1.54, 1.807) is 25.1 Å². The Morgan fingerprint density at radius 3 is 2.60 bits per heavy atom. The van der Waals surface area contributed by atoms with Crippen molar-refractivity contribution in [2.24, 2.45) is 0 Å². The van der Waals surface area contributed by atoms with Gasteiger partial charge >= 0.3 is 0 Å². The molecule has 0 bridgehead atoms. The molecule has 0 spiro atoms. The number of amides is 1. The number of benzene rings is 1. The SMILES string of the molecule is Cc1nc(C2(NC(=O)c3ccc4c(c3)OCCCO4)CCCC2)no1. The van der Waals surface area contributed by atoms with Crippen molar-refractivity contribution in [3.05, 3.63) is 35.5 Å². The van der Waals surface area contributed by atoms with Gasteiger partial charge in [-0.25, -0.2) is 0 Å². The molecule has 1 aromatic heterocycles. The number of aromatic nitrogens is 2.